The Balaban J connectivity index is 1.92. The van der Waals surface area contributed by atoms with E-state index in [1.807, 2.05) is 0 Å². The summed E-state index contributed by atoms with van der Waals surface area (Å²) in [5.41, 5.74) is -9.40. The van der Waals surface area contributed by atoms with Gasteiger partial charge in [-0.15, -0.1) is 0 Å². The van der Waals surface area contributed by atoms with Crippen LogP contribution in [0.1, 0.15) is 46.5 Å². The second kappa shape index (κ2) is 6.56. The van der Waals surface area contributed by atoms with Gasteiger partial charge in [0.2, 0.25) is 5.78 Å². The highest BCUT2D eigenvalue weighted by atomic mass is 19.2. The predicted octanol–water partition coefficient (Wildman–Crippen LogP) is 2.20. The summed E-state index contributed by atoms with van der Waals surface area (Å²) < 4.78 is 47.4. The number of carboxylic acid groups (broad SMARTS) is 2. The Morgan fingerprint density at radius 1 is 1.09 bits per heavy atom. The molecule has 4 aliphatic rings. The van der Waals surface area contributed by atoms with E-state index in [9.17, 15) is 39.2 Å². The molecule has 0 spiro atoms. The Morgan fingerprint density at radius 3 is 2.22 bits per heavy atom. The summed E-state index contributed by atoms with van der Waals surface area (Å²) >= 11 is 0. The number of carbonyl (C=O) groups is 3. The van der Waals surface area contributed by atoms with Crippen LogP contribution in [0.15, 0.2) is 11.4 Å². The fraction of sp³-hybridized carbons (Fsp3) is 0.773. The molecule has 10 atom stereocenters. The number of rotatable bonds is 2. The van der Waals surface area contributed by atoms with Gasteiger partial charge >= 0.3 is 11.9 Å². The summed E-state index contributed by atoms with van der Waals surface area (Å²) in [6, 6.07) is 0. The van der Waals surface area contributed by atoms with Crippen molar-refractivity contribution in [3.63, 3.8) is 0 Å². The average molecular weight is 460 g/mol. The molecule has 3 fully saturated rings. The molecule has 32 heavy (non-hydrogen) atoms. The molecule has 0 aromatic rings. The van der Waals surface area contributed by atoms with Crippen LogP contribution < -0.4 is 0 Å². The van der Waals surface area contributed by atoms with E-state index in [0.29, 0.717) is 0 Å². The van der Waals surface area contributed by atoms with Crippen molar-refractivity contribution >= 4 is 17.7 Å². The van der Waals surface area contributed by atoms with Gasteiger partial charge in [0, 0.05) is 22.3 Å². The minimum atomic E-state index is -2.72. The monoisotopic (exact) mass is 460 g/mol. The number of Topliss-reactive ketones (excluding diaryl/α,β-unsaturated/α-hetero) is 1. The highest BCUT2D eigenvalue weighted by Gasteiger charge is 2.78. The lowest BCUT2D eigenvalue weighted by Crippen LogP contribution is -2.71. The van der Waals surface area contributed by atoms with Crippen molar-refractivity contribution in [2.24, 2.45) is 34.5 Å². The molecule has 5 unspecified atom stereocenters. The van der Waals surface area contributed by atoms with Gasteiger partial charge in [0.25, 0.3) is 0 Å². The summed E-state index contributed by atoms with van der Waals surface area (Å²) in [4.78, 5) is 35.9. The summed E-state index contributed by atoms with van der Waals surface area (Å²) in [5, 5.41) is 41.4. The first-order valence-corrected chi connectivity index (χ1v) is 10.7. The number of carbonyl (C=O) groups excluding carboxylic acids is 1. The Kier molecular flexibility index (Phi) is 4.76. The molecule has 178 valence electrons. The van der Waals surface area contributed by atoms with Crippen LogP contribution in [0.25, 0.3) is 0 Å². The Morgan fingerprint density at radius 2 is 1.69 bits per heavy atom. The number of ketones is 1. The first kappa shape index (κ1) is 23.2. The maximum atomic E-state index is 17.1. The Labute approximate surface area is 182 Å². The van der Waals surface area contributed by atoms with Crippen LogP contribution >= 0.6 is 0 Å². The first-order valence-electron chi connectivity index (χ1n) is 10.7. The summed E-state index contributed by atoms with van der Waals surface area (Å²) in [6.45, 7) is 4.06. The maximum absolute atomic E-state index is 17.1. The van der Waals surface area contributed by atoms with Gasteiger partial charge in [0.1, 0.15) is 17.8 Å². The largest absolute Gasteiger partial charge is 0.481 e. The molecule has 7 nitrogen and oxygen atoms in total. The maximum Gasteiger partial charge on any atom is 0.336 e. The number of halogens is 3. The first-order chi connectivity index (χ1) is 14.6. The SMILES string of the molecule is CC1C[C@H]2[C@@H]3CC(F)C4=C(F)C(=O)C(C(=O)O)C[C@]4(C)[C@]3(F)C(O)C[C@]2(C)C1(O)C(=O)O. The van der Waals surface area contributed by atoms with E-state index < -0.39 is 106 Å². The molecule has 0 aliphatic heterocycles. The lowest BCUT2D eigenvalue weighted by molar-refractivity contribution is -0.239. The van der Waals surface area contributed by atoms with Gasteiger partial charge in [-0.25, -0.2) is 18.0 Å². The molecule has 0 aromatic heterocycles. The van der Waals surface area contributed by atoms with Crippen LogP contribution in [0.3, 0.4) is 0 Å². The second-order valence-corrected chi connectivity index (χ2v) is 10.5. The van der Waals surface area contributed by atoms with E-state index in [1.165, 1.54) is 13.8 Å². The lowest BCUT2D eigenvalue weighted by Gasteiger charge is -2.63. The number of allylic oxidation sites excluding steroid dienone is 1. The molecule has 3 saturated carbocycles. The minimum Gasteiger partial charge on any atom is -0.481 e. The molecule has 0 bridgehead atoms. The number of alkyl halides is 2. The summed E-state index contributed by atoms with van der Waals surface area (Å²) in [7, 11) is 0. The van der Waals surface area contributed by atoms with Gasteiger partial charge in [-0.2, -0.15) is 0 Å². The fourth-order valence-corrected chi connectivity index (χ4v) is 7.76. The third-order valence-electron chi connectivity index (χ3n) is 9.36. The number of aliphatic carboxylic acids is 2. The molecular weight excluding hydrogens is 433 g/mol. The third-order valence-corrected chi connectivity index (χ3v) is 9.36. The highest BCUT2D eigenvalue weighted by molar-refractivity contribution is 6.08. The van der Waals surface area contributed by atoms with Gasteiger partial charge in [0.15, 0.2) is 11.4 Å². The van der Waals surface area contributed by atoms with Gasteiger partial charge in [0.05, 0.1) is 6.10 Å². The number of hydrogen-bond acceptors (Lipinski definition) is 5. The van der Waals surface area contributed by atoms with E-state index in [1.54, 1.807) is 0 Å². The number of hydrogen-bond donors (Lipinski definition) is 4. The second-order valence-electron chi connectivity index (χ2n) is 10.5. The zero-order valence-electron chi connectivity index (χ0n) is 17.9. The highest BCUT2D eigenvalue weighted by Crippen LogP contribution is 2.72. The molecule has 0 saturated heterocycles. The van der Waals surface area contributed by atoms with Crippen molar-refractivity contribution in [3.8, 4) is 0 Å². The number of aliphatic hydroxyl groups is 2. The standard InChI is InChI=1S/C22H27F3O7/c1-8-4-10-11-5-12(23)14-15(24)16(27)9(17(28)29)6-20(14,3)21(11,25)13(26)7-19(10,2)22(8,32)18(30)31/h8-13,26,32H,4-7H2,1-3H3,(H,28,29)(H,30,31)/t8?,9?,10-,11-,12?,13?,19-,20-,21+,22?/m0/s1. The van der Waals surface area contributed by atoms with Crippen molar-refractivity contribution in [1.29, 1.82) is 0 Å². The lowest BCUT2D eigenvalue weighted by atomic mass is 9.43. The van der Waals surface area contributed by atoms with Crippen molar-refractivity contribution in [1.82, 2.24) is 0 Å². The molecule has 10 heteroatoms. The fourth-order valence-electron chi connectivity index (χ4n) is 7.76. The smallest absolute Gasteiger partial charge is 0.336 e. The van der Waals surface area contributed by atoms with Crippen LogP contribution in [0.4, 0.5) is 13.2 Å². The van der Waals surface area contributed by atoms with Crippen LogP contribution in [-0.4, -0.2) is 61.7 Å². The molecule has 4 rings (SSSR count). The van der Waals surface area contributed by atoms with Crippen molar-refractivity contribution in [2.45, 2.75) is 70.0 Å². The van der Waals surface area contributed by atoms with Crippen LogP contribution in [0.5, 0.6) is 0 Å². The number of fused-ring (bicyclic) bond motifs is 5. The topological polar surface area (TPSA) is 132 Å². The normalized spacial score (nSPS) is 52.8. The van der Waals surface area contributed by atoms with Gasteiger partial charge in [-0.1, -0.05) is 20.8 Å². The third kappa shape index (κ3) is 2.32. The average Bonchev–Trinajstić information content (AvgIpc) is 2.88. The number of aliphatic hydroxyl groups excluding tert-OH is 1. The molecule has 0 amide bonds. The summed E-state index contributed by atoms with van der Waals surface area (Å²) in [6.07, 6.45) is -5.85. The molecule has 0 radical (unpaired) electrons. The van der Waals surface area contributed by atoms with Crippen LogP contribution in [0.2, 0.25) is 0 Å². The van der Waals surface area contributed by atoms with E-state index in [4.69, 9.17) is 0 Å². The minimum absolute atomic E-state index is 0.0357. The quantitative estimate of drug-likeness (QED) is 0.465. The van der Waals surface area contributed by atoms with Gasteiger partial charge in [-0.05, 0) is 37.5 Å². The Bertz CT molecular complexity index is 952. The molecule has 4 aliphatic carbocycles. The Hall–Kier alpha value is -1.94. The van der Waals surface area contributed by atoms with Crippen LogP contribution in [-0.2, 0) is 14.4 Å². The van der Waals surface area contributed by atoms with Crippen molar-refractivity contribution < 1.29 is 48.0 Å². The van der Waals surface area contributed by atoms with Gasteiger partial charge in [-0.3, -0.25) is 9.59 Å². The zero-order chi connectivity index (χ0) is 24.2. The van der Waals surface area contributed by atoms with Crippen molar-refractivity contribution in [2.75, 3.05) is 0 Å². The van der Waals surface area contributed by atoms with E-state index >= 15 is 8.78 Å². The van der Waals surface area contributed by atoms with E-state index in [2.05, 4.69) is 0 Å². The van der Waals surface area contributed by atoms with Crippen molar-refractivity contribution in [3.05, 3.63) is 11.4 Å². The van der Waals surface area contributed by atoms with E-state index in [0.717, 1.165) is 6.92 Å². The van der Waals surface area contributed by atoms with Gasteiger partial charge < -0.3 is 20.4 Å². The molecular formula is C22H27F3O7. The predicted molar refractivity (Wildman–Crippen MR) is 102 cm³/mol. The number of carboxylic acids is 2. The van der Waals surface area contributed by atoms with Crippen LogP contribution in [0, 0.1) is 34.5 Å². The zero-order valence-corrected chi connectivity index (χ0v) is 17.9. The molecule has 0 aromatic carbocycles. The molecule has 0 heterocycles. The van der Waals surface area contributed by atoms with E-state index in [-0.39, 0.29) is 6.42 Å². The molecule has 4 N–H and O–H groups in total. The summed E-state index contributed by atoms with van der Waals surface area (Å²) in [5.74, 6) is -11.2.